The SMILES string of the molecule is Cc1ccc(NC(=O)c2cccnc2SCC(F)(F)F)c(Cl)c1. The van der Waals surface area contributed by atoms with Crippen LogP contribution < -0.4 is 5.32 Å². The minimum atomic E-state index is -4.34. The van der Waals surface area contributed by atoms with Gasteiger partial charge in [0.1, 0.15) is 5.03 Å². The number of anilines is 1. The van der Waals surface area contributed by atoms with Crippen molar-refractivity contribution in [2.45, 2.75) is 18.1 Å². The molecule has 122 valence electrons. The van der Waals surface area contributed by atoms with Crippen molar-refractivity contribution in [3.63, 3.8) is 0 Å². The zero-order chi connectivity index (χ0) is 17.0. The molecule has 23 heavy (non-hydrogen) atoms. The highest BCUT2D eigenvalue weighted by Gasteiger charge is 2.28. The molecular formula is C15H12ClF3N2OS. The Bertz CT molecular complexity index is 722. The second-order valence-electron chi connectivity index (χ2n) is 4.70. The normalized spacial score (nSPS) is 11.3. The number of nitrogens with one attached hydrogen (secondary N) is 1. The summed E-state index contributed by atoms with van der Waals surface area (Å²) in [6.07, 6.45) is -3.00. The van der Waals surface area contributed by atoms with Crippen LogP contribution in [0.2, 0.25) is 5.02 Å². The molecule has 1 N–H and O–H groups in total. The van der Waals surface area contributed by atoms with Crippen molar-refractivity contribution in [1.29, 1.82) is 0 Å². The van der Waals surface area contributed by atoms with Crippen molar-refractivity contribution in [3.8, 4) is 0 Å². The van der Waals surface area contributed by atoms with E-state index in [0.29, 0.717) is 22.5 Å². The van der Waals surface area contributed by atoms with Crippen molar-refractivity contribution < 1.29 is 18.0 Å². The van der Waals surface area contributed by atoms with E-state index in [0.717, 1.165) is 5.56 Å². The fraction of sp³-hybridized carbons (Fsp3) is 0.200. The predicted octanol–water partition coefficient (Wildman–Crippen LogP) is 4.95. The topological polar surface area (TPSA) is 42.0 Å². The average molecular weight is 361 g/mol. The van der Waals surface area contributed by atoms with E-state index in [9.17, 15) is 18.0 Å². The van der Waals surface area contributed by atoms with Gasteiger partial charge in [-0.15, -0.1) is 0 Å². The van der Waals surface area contributed by atoms with Gasteiger partial charge < -0.3 is 5.32 Å². The van der Waals surface area contributed by atoms with Crippen LogP contribution in [0.5, 0.6) is 0 Å². The van der Waals surface area contributed by atoms with E-state index < -0.39 is 17.8 Å². The monoisotopic (exact) mass is 360 g/mol. The van der Waals surface area contributed by atoms with Crippen LogP contribution in [-0.4, -0.2) is 22.8 Å². The number of nitrogens with zero attached hydrogens (tertiary/aromatic N) is 1. The number of alkyl halides is 3. The van der Waals surface area contributed by atoms with Crippen molar-refractivity contribution >= 4 is 35.0 Å². The Balaban J connectivity index is 2.19. The van der Waals surface area contributed by atoms with Gasteiger partial charge in [-0.1, -0.05) is 29.4 Å². The van der Waals surface area contributed by atoms with Gasteiger partial charge >= 0.3 is 6.18 Å². The first-order valence-corrected chi connectivity index (χ1v) is 7.85. The summed E-state index contributed by atoms with van der Waals surface area (Å²) in [6.45, 7) is 1.85. The van der Waals surface area contributed by atoms with E-state index in [1.54, 1.807) is 18.2 Å². The molecule has 1 aromatic heterocycles. The third-order valence-corrected chi connectivity index (χ3v) is 4.14. The van der Waals surface area contributed by atoms with Gasteiger partial charge in [-0.3, -0.25) is 4.79 Å². The van der Waals surface area contributed by atoms with E-state index in [1.807, 2.05) is 6.92 Å². The summed E-state index contributed by atoms with van der Waals surface area (Å²) in [5.41, 5.74) is 1.38. The Labute approximate surface area is 140 Å². The van der Waals surface area contributed by atoms with Crippen LogP contribution in [0.15, 0.2) is 41.6 Å². The average Bonchev–Trinajstić information content (AvgIpc) is 2.47. The lowest BCUT2D eigenvalue weighted by Crippen LogP contribution is -2.15. The zero-order valence-corrected chi connectivity index (χ0v) is 13.5. The summed E-state index contributed by atoms with van der Waals surface area (Å²) in [5, 5.41) is 2.96. The van der Waals surface area contributed by atoms with Crippen molar-refractivity contribution in [2.24, 2.45) is 0 Å². The summed E-state index contributed by atoms with van der Waals surface area (Å²) in [6, 6.07) is 7.99. The number of hydrogen-bond acceptors (Lipinski definition) is 3. The lowest BCUT2D eigenvalue weighted by molar-refractivity contribution is -0.105. The van der Waals surface area contributed by atoms with Gasteiger partial charge in [0.05, 0.1) is 22.0 Å². The van der Waals surface area contributed by atoms with Gasteiger partial charge in [-0.25, -0.2) is 4.98 Å². The molecule has 0 bridgehead atoms. The quantitative estimate of drug-likeness (QED) is 0.784. The number of benzene rings is 1. The minimum absolute atomic E-state index is 0.0190. The standard InChI is InChI=1S/C15H12ClF3N2OS/c1-9-4-5-12(11(16)7-9)21-13(22)10-3-2-6-20-14(10)23-8-15(17,18)19/h2-7H,8H2,1H3,(H,21,22). The van der Waals surface area contributed by atoms with Crippen LogP contribution in [0.3, 0.4) is 0 Å². The fourth-order valence-electron chi connectivity index (χ4n) is 1.74. The Morgan fingerprint density at radius 2 is 2.09 bits per heavy atom. The van der Waals surface area contributed by atoms with E-state index in [-0.39, 0.29) is 10.6 Å². The Hall–Kier alpha value is -1.73. The summed E-state index contributed by atoms with van der Waals surface area (Å²) >= 11 is 6.51. The molecule has 1 heterocycles. The Kier molecular flexibility index (Phi) is 5.54. The van der Waals surface area contributed by atoms with E-state index in [2.05, 4.69) is 10.3 Å². The molecule has 0 aliphatic heterocycles. The molecular weight excluding hydrogens is 349 g/mol. The number of amides is 1. The van der Waals surface area contributed by atoms with Crippen LogP contribution >= 0.6 is 23.4 Å². The van der Waals surface area contributed by atoms with E-state index in [4.69, 9.17) is 11.6 Å². The molecule has 0 saturated carbocycles. The number of pyridine rings is 1. The summed E-state index contributed by atoms with van der Waals surface area (Å²) in [7, 11) is 0. The molecule has 1 aromatic carbocycles. The highest BCUT2D eigenvalue weighted by molar-refractivity contribution is 7.99. The van der Waals surface area contributed by atoms with Crippen molar-refractivity contribution in [1.82, 2.24) is 4.98 Å². The number of halogens is 4. The largest absolute Gasteiger partial charge is 0.398 e. The lowest BCUT2D eigenvalue weighted by atomic mass is 10.2. The van der Waals surface area contributed by atoms with Crippen molar-refractivity contribution in [2.75, 3.05) is 11.1 Å². The zero-order valence-electron chi connectivity index (χ0n) is 11.9. The summed E-state index contributed by atoms with van der Waals surface area (Å²) < 4.78 is 37.0. The molecule has 8 heteroatoms. The second-order valence-corrected chi connectivity index (χ2v) is 6.07. The third kappa shape index (κ3) is 5.14. The van der Waals surface area contributed by atoms with Crippen LogP contribution in [0, 0.1) is 6.92 Å². The maximum Gasteiger partial charge on any atom is 0.398 e. The summed E-state index contributed by atoms with van der Waals surface area (Å²) in [5.74, 6) is -1.68. The number of hydrogen-bond donors (Lipinski definition) is 1. The van der Waals surface area contributed by atoms with Crippen molar-refractivity contribution in [3.05, 3.63) is 52.7 Å². The summed E-state index contributed by atoms with van der Waals surface area (Å²) in [4.78, 5) is 16.1. The number of carbonyl (C=O) groups excluding carboxylic acids is 1. The van der Waals surface area contributed by atoms with Crippen LogP contribution in [-0.2, 0) is 0 Å². The predicted molar refractivity (Wildman–Crippen MR) is 85.2 cm³/mol. The molecule has 2 rings (SSSR count). The van der Waals surface area contributed by atoms with E-state index in [1.165, 1.54) is 18.3 Å². The molecule has 3 nitrogen and oxygen atoms in total. The molecule has 0 aliphatic rings. The van der Waals surface area contributed by atoms with E-state index >= 15 is 0 Å². The maximum absolute atomic E-state index is 12.3. The van der Waals surface area contributed by atoms with Gasteiger partial charge in [0.2, 0.25) is 0 Å². The Morgan fingerprint density at radius 1 is 1.35 bits per heavy atom. The third-order valence-electron chi connectivity index (χ3n) is 2.76. The highest BCUT2D eigenvalue weighted by atomic mass is 35.5. The molecule has 0 fully saturated rings. The molecule has 0 radical (unpaired) electrons. The van der Waals surface area contributed by atoms with Crippen LogP contribution in [0.1, 0.15) is 15.9 Å². The first-order chi connectivity index (χ1) is 10.8. The number of thioether (sulfide) groups is 1. The van der Waals surface area contributed by atoms with Gasteiger partial charge in [0.15, 0.2) is 0 Å². The van der Waals surface area contributed by atoms with Gasteiger partial charge in [-0.2, -0.15) is 13.2 Å². The molecule has 0 atom stereocenters. The van der Waals surface area contributed by atoms with Gasteiger partial charge in [-0.05, 0) is 36.8 Å². The molecule has 2 aromatic rings. The highest BCUT2D eigenvalue weighted by Crippen LogP contribution is 2.29. The molecule has 1 amide bonds. The van der Waals surface area contributed by atoms with Crippen LogP contribution in [0.4, 0.5) is 18.9 Å². The first-order valence-electron chi connectivity index (χ1n) is 6.48. The smallest absolute Gasteiger partial charge is 0.321 e. The molecule has 0 unspecified atom stereocenters. The number of carbonyl (C=O) groups is 1. The molecule has 0 saturated heterocycles. The number of rotatable bonds is 4. The second kappa shape index (κ2) is 7.23. The number of aromatic nitrogens is 1. The Morgan fingerprint density at radius 3 is 2.74 bits per heavy atom. The van der Waals surface area contributed by atoms with Gasteiger partial charge in [0.25, 0.3) is 5.91 Å². The lowest BCUT2D eigenvalue weighted by Gasteiger charge is -2.11. The molecule has 0 aliphatic carbocycles. The number of aryl methyl sites for hydroxylation is 1. The maximum atomic E-state index is 12.3. The first kappa shape index (κ1) is 17.6. The van der Waals surface area contributed by atoms with Crippen LogP contribution in [0.25, 0.3) is 0 Å². The minimum Gasteiger partial charge on any atom is -0.321 e. The molecule has 0 spiro atoms. The van der Waals surface area contributed by atoms with Gasteiger partial charge in [0, 0.05) is 6.20 Å². The fourth-order valence-corrected chi connectivity index (χ4v) is 2.77.